The second-order valence-corrected chi connectivity index (χ2v) is 4.21. The van der Waals surface area contributed by atoms with Gasteiger partial charge < -0.3 is 0 Å². The molecule has 1 aromatic carbocycles. The predicted molar refractivity (Wildman–Crippen MR) is 73.5 cm³/mol. The monoisotopic (exact) mass is 272 g/mol. The Bertz CT molecular complexity index is 736. The Hall–Kier alpha value is -2.47. The first-order valence-electron chi connectivity index (χ1n) is 5.53. The minimum Gasteiger partial charge on any atom is -0.260 e. The Morgan fingerprint density at radius 2 is 2.21 bits per heavy atom. The fourth-order valence-corrected chi connectivity index (χ4v) is 1.75. The Labute approximate surface area is 113 Å². The molecule has 0 fully saturated rings. The standard InChI is InChI=1S/C12H9ClN6/c13-10-3-1-2-9(6-10)7-14-16-11-4-5-12-17-15-8-19(12)18-11/h1-8H,(H,16,18). The molecule has 2 heterocycles. The van der Waals surface area contributed by atoms with E-state index in [2.05, 4.69) is 25.8 Å². The molecule has 0 unspecified atom stereocenters. The SMILES string of the molecule is Clc1cccc(C=NNc2ccc3nncn3n2)c1. The van der Waals surface area contributed by atoms with E-state index in [1.165, 1.54) is 6.33 Å². The summed E-state index contributed by atoms with van der Waals surface area (Å²) in [7, 11) is 0. The number of benzene rings is 1. The van der Waals surface area contributed by atoms with E-state index >= 15 is 0 Å². The number of anilines is 1. The zero-order chi connectivity index (χ0) is 13.1. The molecule has 0 atom stereocenters. The highest BCUT2D eigenvalue weighted by molar-refractivity contribution is 6.30. The first kappa shape index (κ1) is 11.6. The van der Waals surface area contributed by atoms with Crippen molar-refractivity contribution >= 4 is 29.3 Å². The van der Waals surface area contributed by atoms with Gasteiger partial charge in [0.25, 0.3) is 0 Å². The Kier molecular flexibility index (Phi) is 3.07. The second kappa shape index (κ2) is 5.03. The number of hydrogen-bond acceptors (Lipinski definition) is 5. The second-order valence-electron chi connectivity index (χ2n) is 3.78. The molecule has 1 N–H and O–H groups in total. The van der Waals surface area contributed by atoms with Gasteiger partial charge in [-0.3, -0.25) is 5.43 Å². The lowest BCUT2D eigenvalue weighted by Crippen LogP contribution is -1.98. The molecule has 7 heteroatoms. The fraction of sp³-hybridized carbons (Fsp3) is 0. The Morgan fingerprint density at radius 3 is 3.11 bits per heavy atom. The molecular weight excluding hydrogens is 264 g/mol. The van der Waals surface area contributed by atoms with E-state index in [0.717, 1.165) is 5.56 Å². The quantitative estimate of drug-likeness (QED) is 0.586. The number of fused-ring (bicyclic) bond motifs is 1. The van der Waals surface area contributed by atoms with Gasteiger partial charge in [0.05, 0.1) is 6.21 Å². The molecule has 0 aliphatic carbocycles. The summed E-state index contributed by atoms with van der Waals surface area (Å²) in [4.78, 5) is 0. The maximum atomic E-state index is 5.88. The molecule has 19 heavy (non-hydrogen) atoms. The summed E-state index contributed by atoms with van der Waals surface area (Å²) in [6.45, 7) is 0. The van der Waals surface area contributed by atoms with Crippen LogP contribution in [0, 0.1) is 0 Å². The molecule has 0 spiro atoms. The van der Waals surface area contributed by atoms with Crippen LogP contribution in [0.4, 0.5) is 5.82 Å². The summed E-state index contributed by atoms with van der Waals surface area (Å²) in [5.74, 6) is 0.602. The molecule has 3 aromatic rings. The molecule has 0 saturated carbocycles. The number of halogens is 1. The van der Waals surface area contributed by atoms with Gasteiger partial charge in [-0.25, -0.2) is 0 Å². The summed E-state index contributed by atoms with van der Waals surface area (Å²) in [6, 6.07) is 11.0. The molecule has 3 rings (SSSR count). The normalized spacial score (nSPS) is 11.2. The fourth-order valence-electron chi connectivity index (χ4n) is 1.55. The summed E-state index contributed by atoms with van der Waals surface area (Å²) in [5.41, 5.74) is 4.43. The number of hydrogen-bond donors (Lipinski definition) is 1. The molecule has 0 amide bonds. The van der Waals surface area contributed by atoms with Gasteiger partial charge in [-0.2, -0.15) is 9.62 Å². The van der Waals surface area contributed by atoms with Crippen molar-refractivity contribution in [2.45, 2.75) is 0 Å². The molecule has 94 valence electrons. The summed E-state index contributed by atoms with van der Waals surface area (Å²) >= 11 is 5.88. The predicted octanol–water partition coefficient (Wildman–Crippen LogP) is 2.22. The molecule has 6 nitrogen and oxygen atoms in total. The van der Waals surface area contributed by atoms with Crippen molar-refractivity contribution in [2.75, 3.05) is 5.43 Å². The maximum absolute atomic E-state index is 5.88. The highest BCUT2D eigenvalue weighted by Gasteiger charge is 1.97. The van der Waals surface area contributed by atoms with E-state index < -0.39 is 0 Å². The van der Waals surface area contributed by atoms with Gasteiger partial charge in [0.1, 0.15) is 6.33 Å². The van der Waals surface area contributed by atoms with Crippen LogP contribution < -0.4 is 5.43 Å². The van der Waals surface area contributed by atoms with Crippen LogP contribution in [0.25, 0.3) is 5.65 Å². The topological polar surface area (TPSA) is 67.5 Å². The van der Waals surface area contributed by atoms with Crippen LogP contribution in [-0.2, 0) is 0 Å². The lowest BCUT2D eigenvalue weighted by atomic mass is 10.2. The van der Waals surface area contributed by atoms with Gasteiger partial charge in [0.15, 0.2) is 11.5 Å². The maximum Gasteiger partial charge on any atom is 0.177 e. The molecule has 0 aliphatic rings. The zero-order valence-corrected chi connectivity index (χ0v) is 10.5. The summed E-state index contributed by atoms with van der Waals surface area (Å²) in [5, 5.41) is 16.6. The van der Waals surface area contributed by atoms with Gasteiger partial charge in [0.2, 0.25) is 0 Å². The first-order valence-corrected chi connectivity index (χ1v) is 5.91. The van der Waals surface area contributed by atoms with E-state index in [1.54, 1.807) is 22.9 Å². The van der Waals surface area contributed by atoms with Crippen LogP contribution in [0.5, 0.6) is 0 Å². The number of nitrogens with one attached hydrogen (secondary N) is 1. The average molecular weight is 273 g/mol. The van der Waals surface area contributed by atoms with E-state index in [0.29, 0.717) is 16.5 Å². The number of hydrazone groups is 1. The highest BCUT2D eigenvalue weighted by atomic mass is 35.5. The Morgan fingerprint density at radius 1 is 1.26 bits per heavy atom. The molecule has 0 aliphatic heterocycles. The number of aromatic nitrogens is 4. The van der Waals surface area contributed by atoms with Crippen LogP contribution in [0.1, 0.15) is 5.56 Å². The van der Waals surface area contributed by atoms with Crippen LogP contribution in [0.3, 0.4) is 0 Å². The van der Waals surface area contributed by atoms with Gasteiger partial charge >= 0.3 is 0 Å². The minimum atomic E-state index is 0.602. The Balaban J connectivity index is 1.74. The van der Waals surface area contributed by atoms with E-state index in [1.807, 2.05) is 24.3 Å². The average Bonchev–Trinajstić information content (AvgIpc) is 2.86. The van der Waals surface area contributed by atoms with E-state index in [9.17, 15) is 0 Å². The van der Waals surface area contributed by atoms with Crippen LogP contribution >= 0.6 is 11.6 Å². The highest BCUT2D eigenvalue weighted by Crippen LogP contribution is 2.09. The van der Waals surface area contributed by atoms with Crippen molar-refractivity contribution in [1.29, 1.82) is 0 Å². The summed E-state index contributed by atoms with van der Waals surface area (Å²) in [6.07, 6.45) is 3.20. The lowest BCUT2D eigenvalue weighted by molar-refractivity contribution is 0.925. The van der Waals surface area contributed by atoms with Crippen molar-refractivity contribution < 1.29 is 0 Å². The van der Waals surface area contributed by atoms with E-state index in [-0.39, 0.29) is 0 Å². The molecule has 0 radical (unpaired) electrons. The third-order valence-electron chi connectivity index (χ3n) is 2.40. The number of nitrogens with zero attached hydrogens (tertiary/aromatic N) is 5. The third kappa shape index (κ3) is 2.69. The summed E-state index contributed by atoms with van der Waals surface area (Å²) < 4.78 is 1.57. The lowest BCUT2D eigenvalue weighted by Gasteiger charge is -1.99. The van der Waals surface area contributed by atoms with Crippen LogP contribution in [0.2, 0.25) is 5.02 Å². The first-order chi connectivity index (χ1) is 9.31. The van der Waals surface area contributed by atoms with E-state index in [4.69, 9.17) is 11.6 Å². The van der Waals surface area contributed by atoms with Crippen molar-refractivity contribution in [3.63, 3.8) is 0 Å². The van der Waals surface area contributed by atoms with Gasteiger partial charge in [0, 0.05) is 5.02 Å². The number of rotatable bonds is 3. The van der Waals surface area contributed by atoms with Crippen molar-refractivity contribution in [3.05, 3.63) is 53.3 Å². The minimum absolute atomic E-state index is 0.602. The molecular formula is C12H9ClN6. The molecule has 0 saturated heterocycles. The van der Waals surface area contributed by atoms with Crippen molar-refractivity contribution in [3.8, 4) is 0 Å². The molecule has 2 aromatic heterocycles. The van der Waals surface area contributed by atoms with Crippen LogP contribution in [-0.4, -0.2) is 26.0 Å². The van der Waals surface area contributed by atoms with Gasteiger partial charge in [-0.1, -0.05) is 23.7 Å². The smallest absolute Gasteiger partial charge is 0.177 e. The van der Waals surface area contributed by atoms with Gasteiger partial charge in [-0.15, -0.1) is 15.3 Å². The van der Waals surface area contributed by atoms with Crippen molar-refractivity contribution in [2.24, 2.45) is 5.10 Å². The third-order valence-corrected chi connectivity index (χ3v) is 2.64. The molecule has 0 bridgehead atoms. The zero-order valence-electron chi connectivity index (χ0n) is 9.73. The largest absolute Gasteiger partial charge is 0.260 e. The van der Waals surface area contributed by atoms with Crippen LogP contribution in [0.15, 0.2) is 47.8 Å². The van der Waals surface area contributed by atoms with Gasteiger partial charge in [-0.05, 0) is 29.8 Å². The van der Waals surface area contributed by atoms with Crippen molar-refractivity contribution in [1.82, 2.24) is 19.8 Å².